The summed E-state index contributed by atoms with van der Waals surface area (Å²) in [5.74, 6) is 0.826. The lowest BCUT2D eigenvalue weighted by Gasteiger charge is -2.38. The van der Waals surface area contributed by atoms with Crippen molar-refractivity contribution in [2.45, 2.75) is 26.7 Å². The van der Waals surface area contributed by atoms with E-state index in [1.807, 2.05) is 0 Å². The van der Waals surface area contributed by atoms with E-state index in [0.29, 0.717) is 18.9 Å². The molecule has 0 amide bonds. The van der Waals surface area contributed by atoms with Crippen molar-refractivity contribution in [1.29, 1.82) is 0 Å². The molecule has 1 aromatic rings. The molecule has 1 aromatic carbocycles. The number of benzene rings is 1. The second-order valence-electron chi connectivity index (χ2n) is 6.57. The Morgan fingerprint density at radius 1 is 1.26 bits per heavy atom. The van der Waals surface area contributed by atoms with Crippen LogP contribution in [0.25, 0.3) is 0 Å². The largest absolute Gasteiger partial charge is 0.295 e. The Balaban J connectivity index is 1.78. The molecule has 0 unspecified atom stereocenters. The monoisotopic (exact) mass is 309 g/mol. The van der Waals surface area contributed by atoms with Crippen LogP contribution in [0.5, 0.6) is 0 Å². The molecule has 0 aromatic heterocycles. The molecule has 122 valence electrons. The molecule has 1 saturated heterocycles. The molecule has 2 nitrogen and oxygen atoms in total. The number of hydrogen-bond acceptors (Lipinski definition) is 2. The summed E-state index contributed by atoms with van der Waals surface area (Å²) in [4.78, 5) is 14.3. The van der Waals surface area contributed by atoms with Crippen LogP contribution in [0.15, 0.2) is 55.2 Å². The average molecular weight is 309 g/mol. The van der Waals surface area contributed by atoms with E-state index < -0.39 is 0 Å². The Labute approximate surface area is 140 Å². The van der Waals surface area contributed by atoms with Crippen molar-refractivity contribution in [1.82, 2.24) is 4.90 Å². The van der Waals surface area contributed by atoms with E-state index in [9.17, 15) is 4.79 Å². The number of rotatable bonds is 8. The highest BCUT2D eigenvalue weighted by molar-refractivity contribution is 5.92. The van der Waals surface area contributed by atoms with Crippen LogP contribution in [0.1, 0.15) is 23.1 Å². The number of nitrogens with zero attached hydrogens (tertiary/aromatic N) is 1. The highest BCUT2D eigenvalue weighted by Crippen LogP contribution is 2.21. The van der Waals surface area contributed by atoms with Gasteiger partial charge in [-0.3, -0.25) is 9.69 Å². The van der Waals surface area contributed by atoms with Gasteiger partial charge in [0.15, 0.2) is 5.78 Å². The molecule has 1 fully saturated rings. The summed E-state index contributed by atoms with van der Waals surface area (Å²) in [6.45, 7) is 14.3. The third-order valence-electron chi connectivity index (χ3n) is 4.50. The van der Waals surface area contributed by atoms with Crippen molar-refractivity contribution >= 4 is 5.78 Å². The molecule has 23 heavy (non-hydrogen) atoms. The number of aryl methyl sites for hydroxylation is 2. The van der Waals surface area contributed by atoms with Gasteiger partial charge in [0.1, 0.15) is 0 Å². The molecule has 0 bridgehead atoms. The maximum atomic E-state index is 12.0. The van der Waals surface area contributed by atoms with Crippen LogP contribution >= 0.6 is 0 Å². The van der Waals surface area contributed by atoms with E-state index in [4.69, 9.17) is 0 Å². The van der Waals surface area contributed by atoms with Crippen LogP contribution in [0, 0.1) is 19.8 Å². The first-order valence-corrected chi connectivity index (χ1v) is 8.27. The zero-order valence-corrected chi connectivity index (χ0v) is 14.3. The molecule has 0 aliphatic carbocycles. The Morgan fingerprint density at radius 2 is 2.00 bits per heavy atom. The molecule has 2 rings (SSSR count). The smallest absolute Gasteiger partial charge is 0.169 e. The maximum absolute atomic E-state index is 12.0. The van der Waals surface area contributed by atoms with E-state index in [-0.39, 0.29) is 5.78 Å². The number of allylic oxidation sites excluding steroid dienone is 3. The second-order valence-corrected chi connectivity index (χ2v) is 6.57. The van der Waals surface area contributed by atoms with Crippen LogP contribution in [0.2, 0.25) is 0 Å². The van der Waals surface area contributed by atoms with Crippen LogP contribution in [0.4, 0.5) is 0 Å². The van der Waals surface area contributed by atoms with Gasteiger partial charge in [0, 0.05) is 13.1 Å². The molecular formula is C21H27NO. The topological polar surface area (TPSA) is 20.3 Å². The van der Waals surface area contributed by atoms with Crippen LogP contribution in [0.3, 0.4) is 0 Å². The second kappa shape index (κ2) is 8.07. The third-order valence-corrected chi connectivity index (χ3v) is 4.50. The fraction of sp³-hybridized carbons (Fsp3) is 0.381. The van der Waals surface area contributed by atoms with Gasteiger partial charge in [-0.05, 0) is 60.9 Å². The molecule has 0 spiro atoms. The summed E-state index contributed by atoms with van der Waals surface area (Å²) < 4.78 is 0. The van der Waals surface area contributed by atoms with Crippen molar-refractivity contribution in [3.8, 4) is 0 Å². The molecular weight excluding hydrogens is 282 g/mol. The first kappa shape index (κ1) is 17.4. The molecule has 1 heterocycles. The SMILES string of the molecule is C=CC/C(C=C)=C\C(=O)CN1CC(Cc2ccc(C)c(C)c2)C1. The van der Waals surface area contributed by atoms with Gasteiger partial charge < -0.3 is 0 Å². The fourth-order valence-electron chi connectivity index (χ4n) is 3.04. The zero-order valence-electron chi connectivity index (χ0n) is 14.3. The minimum absolute atomic E-state index is 0.159. The van der Waals surface area contributed by atoms with E-state index in [1.54, 1.807) is 18.2 Å². The quantitative estimate of drug-likeness (QED) is 0.410. The van der Waals surface area contributed by atoms with Crippen molar-refractivity contribution in [2.24, 2.45) is 5.92 Å². The maximum Gasteiger partial charge on any atom is 0.169 e. The number of ketones is 1. The summed E-state index contributed by atoms with van der Waals surface area (Å²) in [5.41, 5.74) is 5.05. The predicted octanol–water partition coefficient (Wildman–Crippen LogP) is 4.04. The van der Waals surface area contributed by atoms with Gasteiger partial charge in [0.2, 0.25) is 0 Å². The van der Waals surface area contributed by atoms with Crippen LogP contribution in [-0.2, 0) is 11.2 Å². The minimum atomic E-state index is 0.159. The summed E-state index contributed by atoms with van der Waals surface area (Å²) in [7, 11) is 0. The lowest BCUT2D eigenvalue weighted by Crippen LogP contribution is -2.49. The van der Waals surface area contributed by atoms with Crippen molar-refractivity contribution in [2.75, 3.05) is 19.6 Å². The van der Waals surface area contributed by atoms with E-state index >= 15 is 0 Å². The Bertz CT molecular complexity index is 621. The number of hydrogen-bond donors (Lipinski definition) is 0. The van der Waals surface area contributed by atoms with Crippen LogP contribution in [-0.4, -0.2) is 30.3 Å². The lowest BCUT2D eigenvalue weighted by atomic mass is 9.90. The van der Waals surface area contributed by atoms with Crippen LogP contribution < -0.4 is 0 Å². The normalized spacial score (nSPS) is 16.0. The first-order chi connectivity index (χ1) is 11.0. The summed E-state index contributed by atoms with van der Waals surface area (Å²) in [5, 5.41) is 0. The van der Waals surface area contributed by atoms with Gasteiger partial charge in [-0.25, -0.2) is 0 Å². The number of carbonyl (C=O) groups is 1. The molecule has 1 aliphatic rings. The van der Waals surface area contributed by atoms with E-state index in [0.717, 1.165) is 25.1 Å². The fourth-order valence-corrected chi connectivity index (χ4v) is 3.04. The van der Waals surface area contributed by atoms with Gasteiger partial charge in [0.05, 0.1) is 6.54 Å². The molecule has 0 saturated carbocycles. The molecule has 2 heteroatoms. The van der Waals surface area contributed by atoms with Gasteiger partial charge in [0.25, 0.3) is 0 Å². The van der Waals surface area contributed by atoms with Crippen molar-refractivity contribution in [3.63, 3.8) is 0 Å². The first-order valence-electron chi connectivity index (χ1n) is 8.27. The highest BCUT2D eigenvalue weighted by Gasteiger charge is 2.27. The number of likely N-dealkylation sites (tertiary alicyclic amines) is 1. The average Bonchev–Trinajstić information content (AvgIpc) is 2.48. The van der Waals surface area contributed by atoms with Crippen molar-refractivity contribution in [3.05, 3.63) is 71.8 Å². The molecule has 0 atom stereocenters. The predicted molar refractivity (Wildman–Crippen MR) is 97.7 cm³/mol. The Hall–Kier alpha value is -1.93. The number of carbonyl (C=O) groups excluding carboxylic acids is 1. The van der Waals surface area contributed by atoms with Crippen molar-refractivity contribution < 1.29 is 4.79 Å². The Morgan fingerprint density at radius 3 is 2.61 bits per heavy atom. The van der Waals surface area contributed by atoms with Gasteiger partial charge >= 0.3 is 0 Å². The minimum Gasteiger partial charge on any atom is -0.295 e. The highest BCUT2D eigenvalue weighted by atomic mass is 16.1. The molecule has 1 aliphatic heterocycles. The molecule has 0 radical (unpaired) electrons. The standard InChI is InChI=1S/C21H27NO/c1-5-7-18(6-2)12-21(23)15-22-13-20(14-22)11-19-9-8-16(3)17(4)10-19/h5-6,8-10,12,20H,1-2,7,11,13-15H2,3-4H3/b18-12-. The molecule has 0 N–H and O–H groups in total. The van der Waals surface area contributed by atoms with Gasteiger partial charge in [-0.15, -0.1) is 6.58 Å². The third kappa shape index (κ3) is 5.04. The van der Waals surface area contributed by atoms with Gasteiger partial charge in [-0.2, -0.15) is 0 Å². The summed E-state index contributed by atoms with van der Waals surface area (Å²) >= 11 is 0. The Kier molecular flexibility index (Phi) is 6.12. The zero-order chi connectivity index (χ0) is 16.8. The van der Waals surface area contributed by atoms with E-state index in [1.165, 1.54) is 16.7 Å². The summed E-state index contributed by atoms with van der Waals surface area (Å²) in [6, 6.07) is 6.72. The lowest BCUT2D eigenvalue weighted by molar-refractivity contribution is -0.117. The van der Waals surface area contributed by atoms with Gasteiger partial charge in [-0.1, -0.05) is 36.9 Å². The summed E-state index contributed by atoms with van der Waals surface area (Å²) in [6.07, 6.45) is 7.04. The van der Waals surface area contributed by atoms with E-state index in [2.05, 4.69) is 50.1 Å².